The maximum atomic E-state index is 12.5. The van der Waals surface area contributed by atoms with E-state index in [1.54, 1.807) is 16.0 Å². The molecule has 19 heavy (non-hydrogen) atoms. The summed E-state index contributed by atoms with van der Waals surface area (Å²) >= 11 is 9.84. The molecular formula is C12H13ClIN3OS. The Hall–Kier alpha value is -0.440. The van der Waals surface area contributed by atoms with Crippen molar-refractivity contribution in [1.82, 2.24) is 14.7 Å². The molecule has 0 aliphatic rings. The Balaban J connectivity index is 2.28. The number of ketones is 1. The SMILES string of the molecule is CN(C)CCn1ncc(Cl)c1C(=O)c1csc(I)c1. The van der Waals surface area contributed by atoms with Gasteiger partial charge in [0, 0.05) is 17.5 Å². The van der Waals surface area contributed by atoms with Crippen LogP contribution in [0.25, 0.3) is 0 Å². The van der Waals surface area contributed by atoms with Crippen molar-refractivity contribution in [1.29, 1.82) is 0 Å². The average Bonchev–Trinajstić information content (AvgIpc) is 2.92. The van der Waals surface area contributed by atoms with Gasteiger partial charge in [-0.05, 0) is 42.8 Å². The zero-order valence-electron chi connectivity index (χ0n) is 10.6. The number of hydrogen-bond donors (Lipinski definition) is 0. The molecule has 0 bridgehead atoms. The van der Waals surface area contributed by atoms with Crippen molar-refractivity contribution in [3.8, 4) is 0 Å². The predicted molar refractivity (Wildman–Crippen MR) is 86.3 cm³/mol. The van der Waals surface area contributed by atoms with Gasteiger partial charge in [-0.25, -0.2) is 0 Å². The molecule has 2 heterocycles. The third-order valence-electron chi connectivity index (χ3n) is 2.60. The Bertz CT molecular complexity index is 594. The lowest BCUT2D eigenvalue weighted by Gasteiger charge is -2.11. The molecule has 0 amide bonds. The fourth-order valence-corrected chi connectivity index (χ4v) is 3.17. The van der Waals surface area contributed by atoms with E-state index in [1.165, 1.54) is 6.20 Å². The standard InChI is InChI=1S/C12H13ClIN3OS/c1-16(2)3-4-17-11(9(13)6-15-17)12(18)8-5-10(14)19-7-8/h5-7H,3-4H2,1-2H3. The molecule has 0 radical (unpaired) electrons. The first-order valence-electron chi connectivity index (χ1n) is 5.64. The second kappa shape index (κ2) is 6.34. The molecule has 0 aromatic carbocycles. The van der Waals surface area contributed by atoms with Gasteiger partial charge in [-0.1, -0.05) is 11.6 Å². The lowest BCUT2D eigenvalue weighted by molar-refractivity contribution is 0.102. The smallest absolute Gasteiger partial charge is 0.213 e. The van der Waals surface area contributed by atoms with Crippen LogP contribution in [0.2, 0.25) is 5.02 Å². The number of likely N-dealkylation sites (N-methyl/N-ethyl adjacent to an activating group) is 1. The van der Waals surface area contributed by atoms with Crippen molar-refractivity contribution >= 4 is 51.3 Å². The van der Waals surface area contributed by atoms with Crippen LogP contribution in [0.3, 0.4) is 0 Å². The van der Waals surface area contributed by atoms with E-state index in [1.807, 2.05) is 30.4 Å². The van der Waals surface area contributed by atoms with E-state index in [2.05, 4.69) is 27.7 Å². The highest BCUT2D eigenvalue weighted by Crippen LogP contribution is 2.23. The highest BCUT2D eigenvalue weighted by Gasteiger charge is 2.20. The van der Waals surface area contributed by atoms with Crippen molar-refractivity contribution < 1.29 is 4.79 Å². The van der Waals surface area contributed by atoms with Crippen LogP contribution in [0.4, 0.5) is 0 Å². The molecule has 2 aromatic heterocycles. The first-order chi connectivity index (χ1) is 8.99. The van der Waals surface area contributed by atoms with Crippen molar-refractivity contribution in [2.24, 2.45) is 0 Å². The van der Waals surface area contributed by atoms with Gasteiger partial charge in [0.25, 0.3) is 0 Å². The van der Waals surface area contributed by atoms with Crippen LogP contribution in [-0.4, -0.2) is 41.1 Å². The Kier molecular flexibility index (Phi) is 4.99. The van der Waals surface area contributed by atoms with E-state index in [0.29, 0.717) is 22.8 Å². The fourth-order valence-electron chi connectivity index (χ4n) is 1.62. The van der Waals surface area contributed by atoms with Crippen LogP contribution in [-0.2, 0) is 6.54 Å². The van der Waals surface area contributed by atoms with E-state index >= 15 is 0 Å². The van der Waals surface area contributed by atoms with E-state index in [-0.39, 0.29) is 5.78 Å². The van der Waals surface area contributed by atoms with Gasteiger partial charge < -0.3 is 4.90 Å². The number of hydrogen-bond acceptors (Lipinski definition) is 4. The summed E-state index contributed by atoms with van der Waals surface area (Å²) in [4.78, 5) is 14.5. The zero-order chi connectivity index (χ0) is 14.0. The Morgan fingerprint density at radius 2 is 2.32 bits per heavy atom. The molecule has 2 rings (SSSR count). The van der Waals surface area contributed by atoms with Gasteiger partial charge in [-0.3, -0.25) is 9.48 Å². The molecule has 0 spiro atoms. The zero-order valence-corrected chi connectivity index (χ0v) is 14.3. The highest BCUT2D eigenvalue weighted by molar-refractivity contribution is 14.1. The minimum Gasteiger partial charge on any atom is -0.308 e. The van der Waals surface area contributed by atoms with Crippen molar-refractivity contribution in [2.45, 2.75) is 6.54 Å². The first-order valence-corrected chi connectivity index (χ1v) is 7.97. The molecule has 4 nitrogen and oxygen atoms in total. The lowest BCUT2D eigenvalue weighted by Crippen LogP contribution is -2.21. The third-order valence-corrected chi connectivity index (χ3v) is 4.66. The van der Waals surface area contributed by atoms with Gasteiger partial charge in [-0.2, -0.15) is 5.10 Å². The summed E-state index contributed by atoms with van der Waals surface area (Å²) in [6.07, 6.45) is 1.53. The maximum Gasteiger partial charge on any atom is 0.213 e. The molecule has 0 aliphatic carbocycles. The van der Waals surface area contributed by atoms with Gasteiger partial charge in [0.05, 0.1) is 20.6 Å². The number of halogens is 2. The Morgan fingerprint density at radius 3 is 2.89 bits per heavy atom. The minimum atomic E-state index is -0.0691. The van der Waals surface area contributed by atoms with Crippen molar-refractivity contribution in [2.75, 3.05) is 20.6 Å². The fraction of sp³-hybridized carbons (Fsp3) is 0.333. The van der Waals surface area contributed by atoms with Crippen LogP contribution in [0.5, 0.6) is 0 Å². The normalized spacial score (nSPS) is 11.2. The molecule has 0 saturated carbocycles. The number of carbonyl (C=O) groups excluding carboxylic acids is 1. The molecular weight excluding hydrogens is 397 g/mol. The van der Waals surface area contributed by atoms with Crippen molar-refractivity contribution in [3.05, 3.63) is 36.8 Å². The molecule has 0 aliphatic heterocycles. The molecule has 2 aromatic rings. The molecule has 0 unspecified atom stereocenters. The first kappa shape index (κ1) is 15.0. The topological polar surface area (TPSA) is 38.1 Å². The number of carbonyl (C=O) groups is 1. The van der Waals surface area contributed by atoms with E-state index in [4.69, 9.17) is 11.6 Å². The largest absolute Gasteiger partial charge is 0.308 e. The molecule has 0 N–H and O–H groups in total. The van der Waals surface area contributed by atoms with Gasteiger partial charge in [0.1, 0.15) is 5.69 Å². The van der Waals surface area contributed by atoms with Crippen molar-refractivity contribution in [3.63, 3.8) is 0 Å². The summed E-state index contributed by atoms with van der Waals surface area (Å²) in [6, 6.07) is 1.87. The molecule has 0 atom stereocenters. The second-order valence-electron chi connectivity index (χ2n) is 4.34. The van der Waals surface area contributed by atoms with Crippen LogP contribution in [0, 0.1) is 2.88 Å². The predicted octanol–water partition coefficient (Wildman–Crippen LogP) is 3.00. The second-order valence-corrected chi connectivity index (χ2v) is 7.55. The monoisotopic (exact) mass is 409 g/mol. The van der Waals surface area contributed by atoms with E-state index in [0.717, 1.165) is 9.43 Å². The summed E-state index contributed by atoms with van der Waals surface area (Å²) in [6.45, 7) is 1.45. The molecule has 0 fully saturated rings. The summed E-state index contributed by atoms with van der Waals surface area (Å²) in [7, 11) is 3.96. The Labute approximate surface area is 134 Å². The number of rotatable bonds is 5. The number of nitrogens with zero attached hydrogens (tertiary/aromatic N) is 3. The molecule has 7 heteroatoms. The Morgan fingerprint density at radius 1 is 1.58 bits per heavy atom. The maximum absolute atomic E-state index is 12.5. The summed E-state index contributed by atoms with van der Waals surface area (Å²) in [5, 5.41) is 6.44. The van der Waals surface area contributed by atoms with Crippen LogP contribution in [0.15, 0.2) is 17.6 Å². The van der Waals surface area contributed by atoms with Gasteiger partial charge in [0.15, 0.2) is 0 Å². The quantitative estimate of drug-likeness (QED) is 0.563. The lowest BCUT2D eigenvalue weighted by atomic mass is 10.1. The highest BCUT2D eigenvalue weighted by atomic mass is 127. The summed E-state index contributed by atoms with van der Waals surface area (Å²) < 4.78 is 2.76. The summed E-state index contributed by atoms with van der Waals surface area (Å²) in [5.41, 5.74) is 1.14. The van der Waals surface area contributed by atoms with E-state index < -0.39 is 0 Å². The van der Waals surface area contributed by atoms with Crippen LogP contribution >= 0.6 is 45.5 Å². The van der Waals surface area contributed by atoms with Gasteiger partial charge >= 0.3 is 0 Å². The van der Waals surface area contributed by atoms with E-state index in [9.17, 15) is 4.79 Å². The minimum absolute atomic E-state index is 0.0691. The molecule has 102 valence electrons. The molecule has 0 saturated heterocycles. The third kappa shape index (κ3) is 3.56. The summed E-state index contributed by atoms with van der Waals surface area (Å²) in [5.74, 6) is -0.0691. The van der Waals surface area contributed by atoms with Crippen LogP contribution < -0.4 is 0 Å². The number of aromatic nitrogens is 2. The van der Waals surface area contributed by atoms with Gasteiger partial charge in [-0.15, -0.1) is 11.3 Å². The van der Waals surface area contributed by atoms with Gasteiger partial charge in [0.2, 0.25) is 5.78 Å². The average molecular weight is 410 g/mol. The number of thiophene rings is 1. The van der Waals surface area contributed by atoms with Crippen LogP contribution in [0.1, 0.15) is 16.1 Å².